The van der Waals surface area contributed by atoms with Gasteiger partial charge in [-0.15, -0.1) is 0 Å². The van der Waals surface area contributed by atoms with Gasteiger partial charge in [0.15, 0.2) is 23.2 Å². The minimum absolute atomic E-state index is 0.0151. The molecule has 0 saturated carbocycles. The Morgan fingerprint density at radius 1 is 0.968 bits per heavy atom. The number of nitrogens with one attached hydrogen (secondary N) is 1. The molecule has 31 heavy (non-hydrogen) atoms. The molecule has 0 atom stereocenters. The van der Waals surface area contributed by atoms with Crippen LogP contribution < -0.4 is 15.8 Å². The topological polar surface area (TPSA) is 119 Å². The van der Waals surface area contributed by atoms with E-state index in [1.54, 1.807) is 0 Å². The van der Waals surface area contributed by atoms with Crippen molar-refractivity contribution in [1.29, 1.82) is 0 Å². The second-order valence-corrected chi connectivity index (χ2v) is 6.47. The van der Waals surface area contributed by atoms with Crippen LogP contribution in [0.2, 0.25) is 0 Å². The predicted octanol–water partition coefficient (Wildman–Crippen LogP) is 3.90. The van der Waals surface area contributed by atoms with Crippen molar-refractivity contribution in [1.82, 2.24) is 19.9 Å². The normalized spacial score (nSPS) is 10.6. The smallest absolute Gasteiger partial charge is 0.239 e. The molecule has 0 aliphatic rings. The molecule has 0 amide bonds. The zero-order chi connectivity index (χ0) is 21.8. The van der Waals surface area contributed by atoms with E-state index in [-0.39, 0.29) is 29.0 Å². The van der Waals surface area contributed by atoms with E-state index in [1.165, 1.54) is 18.6 Å². The number of halogens is 2. The van der Waals surface area contributed by atoms with Crippen molar-refractivity contribution >= 4 is 11.6 Å². The van der Waals surface area contributed by atoms with E-state index >= 15 is 0 Å². The first-order valence-corrected chi connectivity index (χ1v) is 9.07. The van der Waals surface area contributed by atoms with Crippen molar-refractivity contribution in [3.05, 3.63) is 78.3 Å². The van der Waals surface area contributed by atoms with Crippen LogP contribution in [0, 0.1) is 11.6 Å². The van der Waals surface area contributed by atoms with Crippen LogP contribution in [0.1, 0.15) is 5.56 Å². The maximum Gasteiger partial charge on any atom is 0.239 e. The molecule has 0 unspecified atom stereocenters. The number of nitrogens with two attached hydrogens (primary N) is 1. The summed E-state index contributed by atoms with van der Waals surface area (Å²) in [5.41, 5.74) is 7.53. The Morgan fingerprint density at radius 3 is 2.45 bits per heavy atom. The minimum atomic E-state index is -0.769. The zero-order valence-electron chi connectivity index (χ0n) is 16.0. The quantitative estimate of drug-likeness (QED) is 0.428. The lowest BCUT2D eigenvalue weighted by Gasteiger charge is -2.11. The zero-order valence-corrected chi connectivity index (χ0v) is 16.0. The molecule has 10 heteroatoms. The van der Waals surface area contributed by atoms with Gasteiger partial charge in [-0.3, -0.25) is 0 Å². The van der Waals surface area contributed by atoms with Crippen molar-refractivity contribution in [2.45, 2.75) is 6.54 Å². The number of ether oxygens (including phenoxy) is 1. The maximum atomic E-state index is 13.3. The van der Waals surface area contributed by atoms with Gasteiger partial charge in [0.2, 0.25) is 5.88 Å². The predicted molar refractivity (Wildman–Crippen MR) is 109 cm³/mol. The first-order valence-electron chi connectivity index (χ1n) is 9.07. The summed E-state index contributed by atoms with van der Waals surface area (Å²) >= 11 is 0. The summed E-state index contributed by atoms with van der Waals surface area (Å²) in [5, 5.41) is 12.4. The fourth-order valence-corrected chi connectivity index (χ4v) is 2.75. The van der Waals surface area contributed by atoms with Crippen molar-refractivity contribution in [2.24, 2.45) is 0 Å². The molecule has 0 spiro atoms. The van der Waals surface area contributed by atoms with E-state index in [0.29, 0.717) is 12.4 Å². The number of aromatic nitrogens is 4. The molecule has 2 aromatic carbocycles. The summed E-state index contributed by atoms with van der Waals surface area (Å²) in [6.07, 6.45) is 3.89. The third-order valence-electron chi connectivity index (χ3n) is 4.12. The molecule has 4 N–H and O–H groups in total. The number of anilines is 2. The fourth-order valence-electron chi connectivity index (χ4n) is 2.75. The first kappa shape index (κ1) is 20.0. The van der Waals surface area contributed by atoms with E-state index in [9.17, 15) is 13.9 Å². The molecule has 0 aliphatic carbocycles. The Hall–Kier alpha value is -4.34. The summed E-state index contributed by atoms with van der Waals surface area (Å²) in [5.74, 6) is -0.729. The Bertz CT molecular complexity index is 1200. The standard InChI is InChI=1S/C21H16F2N6O2/c22-14-5-15(23)7-17(6-14)31-18-11-25-19(24)21(29-18)26-8-12-2-1-3-13(4-12)20-27-9-16(30)10-28-20/h1-7,9-11,30H,8H2,(H2,24,25)(H,26,29). The number of hydrogen-bond donors (Lipinski definition) is 3. The van der Waals surface area contributed by atoms with Gasteiger partial charge in [-0.1, -0.05) is 18.2 Å². The summed E-state index contributed by atoms with van der Waals surface area (Å²) in [6, 6.07) is 10.3. The van der Waals surface area contributed by atoms with Crippen LogP contribution in [0.15, 0.2) is 61.1 Å². The van der Waals surface area contributed by atoms with E-state index in [0.717, 1.165) is 29.3 Å². The molecular weight excluding hydrogens is 406 g/mol. The third-order valence-corrected chi connectivity index (χ3v) is 4.12. The number of aromatic hydroxyl groups is 1. The third kappa shape index (κ3) is 4.99. The summed E-state index contributed by atoms with van der Waals surface area (Å²) in [4.78, 5) is 16.4. The van der Waals surface area contributed by atoms with Gasteiger partial charge >= 0.3 is 0 Å². The van der Waals surface area contributed by atoms with Gasteiger partial charge < -0.3 is 20.9 Å². The van der Waals surface area contributed by atoms with Gasteiger partial charge in [-0.25, -0.2) is 23.7 Å². The molecular formula is C21H16F2N6O2. The highest BCUT2D eigenvalue weighted by Gasteiger charge is 2.09. The Labute approximate surface area is 175 Å². The summed E-state index contributed by atoms with van der Waals surface area (Å²) in [7, 11) is 0. The molecule has 2 heterocycles. The average molecular weight is 422 g/mol. The molecule has 0 radical (unpaired) electrons. The van der Waals surface area contributed by atoms with Crippen molar-refractivity contribution in [3.63, 3.8) is 0 Å². The van der Waals surface area contributed by atoms with Gasteiger partial charge in [0, 0.05) is 30.3 Å². The van der Waals surface area contributed by atoms with Gasteiger partial charge in [0.05, 0.1) is 18.6 Å². The van der Waals surface area contributed by atoms with Gasteiger partial charge in [0.25, 0.3) is 0 Å². The maximum absolute atomic E-state index is 13.3. The average Bonchev–Trinajstić information content (AvgIpc) is 2.74. The Morgan fingerprint density at radius 2 is 1.71 bits per heavy atom. The molecule has 0 bridgehead atoms. The lowest BCUT2D eigenvalue weighted by atomic mass is 10.1. The molecule has 0 saturated heterocycles. The van der Waals surface area contributed by atoms with Gasteiger partial charge in [-0.05, 0) is 11.6 Å². The number of benzene rings is 2. The SMILES string of the molecule is Nc1ncc(Oc2cc(F)cc(F)c2)nc1NCc1cccc(-c2ncc(O)cn2)c1. The van der Waals surface area contributed by atoms with E-state index in [4.69, 9.17) is 10.5 Å². The van der Waals surface area contributed by atoms with Gasteiger partial charge in [0.1, 0.15) is 17.4 Å². The monoisotopic (exact) mass is 422 g/mol. The van der Waals surface area contributed by atoms with Crippen LogP contribution in [0.4, 0.5) is 20.4 Å². The van der Waals surface area contributed by atoms with Gasteiger partial charge in [-0.2, -0.15) is 4.98 Å². The van der Waals surface area contributed by atoms with E-state index in [2.05, 4.69) is 25.3 Å². The van der Waals surface area contributed by atoms with Crippen LogP contribution >= 0.6 is 0 Å². The van der Waals surface area contributed by atoms with Crippen LogP contribution in [-0.4, -0.2) is 25.0 Å². The highest BCUT2D eigenvalue weighted by atomic mass is 19.1. The van der Waals surface area contributed by atoms with Crippen molar-refractivity contribution in [3.8, 4) is 28.8 Å². The van der Waals surface area contributed by atoms with E-state index in [1.807, 2.05) is 24.3 Å². The Kier molecular flexibility index (Phi) is 5.52. The Balaban J connectivity index is 1.49. The highest BCUT2D eigenvalue weighted by molar-refractivity contribution is 5.59. The highest BCUT2D eigenvalue weighted by Crippen LogP contribution is 2.25. The number of nitrogens with zero attached hydrogens (tertiary/aromatic N) is 4. The fraction of sp³-hybridized carbons (Fsp3) is 0.0476. The molecule has 156 valence electrons. The van der Waals surface area contributed by atoms with Crippen LogP contribution in [-0.2, 0) is 6.54 Å². The molecule has 4 rings (SSSR count). The summed E-state index contributed by atoms with van der Waals surface area (Å²) in [6.45, 7) is 0.350. The minimum Gasteiger partial charge on any atom is -0.505 e. The molecule has 2 aromatic heterocycles. The number of nitrogen functional groups attached to an aromatic ring is 1. The number of hydrogen-bond acceptors (Lipinski definition) is 8. The molecule has 4 aromatic rings. The lowest BCUT2D eigenvalue weighted by Crippen LogP contribution is -2.07. The second-order valence-electron chi connectivity index (χ2n) is 6.47. The molecule has 0 fully saturated rings. The lowest BCUT2D eigenvalue weighted by molar-refractivity contribution is 0.450. The van der Waals surface area contributed by atoms with Crippen LogP contribution in [0.5, 0.6) is 17.4 Å². The first-order chi connectivity index (χ1) is 15.0. The molecule has 0 aliphatic heterocycles. The van der Waals surface area contributed by atoms with Crippen molar-refractivity contribution < 1.29 is 18.6 Å². The number of rotatable bonds is 6. The molecule has 8 nitrogen and oxygen atoms in total. The summed E-state index contributed by atoms with van der Waals surface area (Å²) < 4.78 is 32.1. The van der Waals surface area contributed by atoms with E-state index < -0.39 is 11.6 Å². The van der Waals surface area contributed by atoms with Crippen LogP contribution in [0.25, 0.3) is 11.4 Å². The largest absolute Gasteiger partial charge is 0.505 e. The second kappa shape index (κ2) is 8.57. The van der Waals surface area contributed by atoms with Crippen LogP contribution in [0.3, 0.4) is 0 Å². The van der Waals surface area contributed by atoms with Crippen molar-refractivity contribution in [2.75, 3.05) is 11.1 Å².